The maximum absolute atomic E-state index is 11.8. The minimum atomic E-state index is 0.156. The molecule has 3 heteroatoms. The van der Waals surface area contributed by atoms with E-state index in [-0.39, 0.29) is 5.78 Å². The van der Waals surface area contributed by atoms with Crippen LogP contribution in [0.3, 0.4) is 0 Å². The average molecular weight is 254 g/mol. The average Bonchev–Trinajstić information content (AvgIpc) is 2.32. The van der Waals surface area contributed by atoms with E-state index in [1.807, 2.05) is 0 Å². The van der Waals surface area contributed by atoms with Gasteiger partial charge in [-0.25, -0.2) is 0 Å². The second kappa shape index (κ2) is 7.33. The van der Waals surface area contributed by atoms with Gasteiger partial charge in [0.15, 0.2) is 5.78 Å². The molecule has 2 N–H and O–H groups in total. The summed E-state index contributed by atoms with van der Waals surface area (Å²) in [5, 5.41) is 0.460. The van der Waals surface area contributed by atoms with Crippen LogP contribution in [0.1, 0.15) is 55.8 Å². The molecule has 0 aliphatic rings. The van der Waals surface area contributed by atoms with Crippen molar-refractivity contribution in [1.29, 1.82) is 0 Å². The number of anilines is 1. The Morgan fingerprint density at radius 2 is 1.94 bits per heavy atom. The lowest BCUT2D eigenvalue weighted by atomic mass is 10.0. The molecule has 0 aromatic heterocycles. The molecule has 0 saturated heterocycles. The maximum Gasteiger partial charge on any atom is 0.162 e. The third-order valence-corrected chi connectivity index (χ3v) is 3.16. The predicted molar refractivity (Wildman–Crippen MR) is 73.6 cm³/mol. The molecule has 0 fully saturated rings. The standard InChI is InChI=1S/C14H20ClNO/c1-2-3-4-5-6-7-14(17)11-8-9-13(16)12(15)10-11/h8-10H,2-7,16H2,1H3. The molecule has 0 spiro atoms. The third kappa shape index (κ3) is 4.78. The molecule has 0 unspecified atom stereocenters. The van der Waals surface area contributed by atoms with Crippen LogP contribution in [0, 0.1) is 0 Å². The molecule has 94 valence electrons. The van der Waals surface area contributed by atoms with E-state index >= 15 is 0 Å². The first-order valence-electron chi connectivity index (χ1n) is 6.23. The van der Waals surface area contributed by atoms with Crippen LogP contribution < -0.4 is 5.73 Å². The summed E-state index contributed by atoms with van der Waals surface area (Å²) >= 11 is 5.88. The highest BCUT2D eigenvalue weighted by Gasteiger charge is 2.07. The Labute approximate surface area is 108 Å². The number of nitrogens with two attached hydrogens (primary N) is 1. The van der Waals surface area contributed by atoms with E-state index in [4.69, 9.17) is 17.3 Å². The number of hydrogen-bond donors (Lipinski definition) is 1. The van der Waals surface area contributed by atoms with E-state index in [0.717, 1.165) is 12.8 Å². The largest absolute Gasteiger partial charge is 0.398 e. The second-order valence-electron chi connectivity index (χ2n) is 4.32. The normalized spacial score (nSPS) is 10.5. The number of carbonyl (C=O) groups excluding carboxylic acids is 1. The van der Waals surface area contributed by atoms with Gasteiger partial charge in [-0.05, 0) is 24.6 Å². The molecule has 0 atom stereocenters. The number of ketones is 1. The van der Waals surface area contributed by atoms with Gasteiger partial charge in [-0.1, -0.05) is 44.2 Å². The van der Waals surface area contributed by atoms with Crippen molar-refractivity contribution in [2.75, 3.05) is 5.73 Å². The van der Waals surface area contributed by atoms with E-state index in [9.17, 15) is 4.79 Å². The number of halogens is 1. The van der Waals surface area contributed by atoms with Crippen molar-refractivity contribution in [2.45, 2.75) is 45.4 Å². The summed E-state index contributed by atoms with van der Waals surface area (Å²) < 4.78 is 0. The summed E-state index contributed by atoms with van der Waals surface area (Å²) in [6.07, 6.45) is 6.38. The van der Waals surface area contributed by atoms with Crippen LogP contribution in [0.2, 0.25) is 5.02 Å². The molecule has 0 aliphatic carbocycles. The fraction of sp³-hybridized carbons (Fsp3) is 0.500. The Bertz CT molecular complexity index is 376. The molecule has 0 bridgehead atoms. The Hall–Kier alpha value is -1.02. The zero-order chi connectivity index (χ0) is 12.7. The number of carbonyl (C=O) groups is 1. The van der Waals surface area contributed by atoms with Crippen molar-refractivity contribution in [3.63, 3.8) is 0 Å². The predicted octanol–water partition coefficient (Wildman–Crippen LogP) is 4.47. The smallest absolute Gasteiger partial charge is 0.162 e. The van der Waals surface area contributed by atoms with Crippen molar-refractivity contribution < 1.29 is 4.79 Å². The van der Waals surface area contributed by atoms with E-state index in [1.54, 1.807) is 18.2 Å². The Morgan fingerprint density at radius 1 is 1.24 bits per heavy atom. The molecule has 1 aromatic rings. The first-order valence-corrected chi connectivity index (χ1v) is 6.61. The summed E-state index contributed by atoms with van der Waals surface area (Å²) in [5.41, 5.74) is 6.79. The number of Topliss-reactive ketones (excluding diaryl/α,β-unsaturated/α-hetero) is 1. The lowest BCUT2D eigenvalue weighted by Gasteiger charge is -2.03. The number of rotatable bonds is 7. The molecule has 0 amide bonds. The first-order chi connectivity index (χ1) is 8.15. The van der Waals surface area contributed by atoms with Gasteiger partial charge in [-0.15, -0.1) is 0 Å². The van der Waals surface area contributed by atoms with Crippen molar-refractivity contribution in [2.24, 2.45) is 0 Å². The van der Waals surface area contributed by atoms with Crippen molar-refractivity contribution in [3.05, 3.63) is 28.8 Å². The van der Waals surface area contributed by atoms with E-state index in [0.29, 0.717) is 22.7 Å². The molecular formula is C14H20ClNO. The summed E-state index contributed by atoms with van der Waals surface area (Å²) in [6, 6.07) is 5.09. The summed E-state index contributed by atoms with van der Waals surface area (Å²) in [4.78, 5) is 11.8. The molecule has 17 heavy (non-hydrogen) atoms. The molecule has 2 nitrogen and oxygen atoms in total. The fourth-order valence-electron chi connectivity index (χ4n) is 1.73. The van der Waals surface area contributed by atoms with Crippen LogP contribution >= 0.6 is 11.6 Å². The van der Waals surface area contributed by atoms with Gasteiger partial charge in [-0.3, -0.25) is 4.79 Å². The summed E-state index contributed by atoms with van der Waals surface area (Å²) in [5.74, 6) is 0.156. The highest BCUT2D eigenvalue weighted by Crippen LogP contribution is 2.21. The van der Waals surface area contributed by atoms with Crippen LogP contribution in [0.4, 0.5) is 5.69 Å². The summed E-state index contributed by atoms with van der Waals surface area (Å²) in [7, 11) is 0. The van der Waals surface area contributed by atoms with Gasteiger partial charge < -0.3 is 5.73 Å². The minimum Gasteiger partial charge on any atom is -0.398 e. The molecule has 1 rings (SSSR count). The molecular weight excluding hydrogens is 234 g/mol. The van der Waals surface area contributed by atoms with E-state index in [2.05, 4.69) is 6.92 Å². The van der Waals surface area contributed by atoms with Crippen LogP contribution in [-0.4, -0.2) is 5.78 Å². The van der Waals surface area contributed by atoms with Crippen molar-refractivity contribution in [1.82, 2.24) is 0 Å². The minimum absolute atomic E-state index is 0.156. The lowest BCUT2D eigenvalue weighted by molar-refractivity contribution is 0.0979. The molecule has 1 aromatic carbocycles. The number of benzene rings is 1. The lowest BCUT2D eigenvalue weighted by Crippen LogP contribution is -2.00. The van der Waals surface area contributed by atoms with Gasteiger partial charge in [0, 0.05) is 12.0 Å². The SMILES string of the molecule is CCCCCCCC(=O)c1ccc(N)c(Cl)c1. The van der Waals surface area contributed by atoms with Crippen LogP contribution in [0.5, 0.6) is 0 Å². The first kappa shape index (κ1) is 14.0. The van der Waals surface area contributed by atoms with Crippen molar-refractivity contribution in [3.8, 4) is 0 Å². The monoisotopic (exact) mass is 253 g/mol. The van der Waals surface area contributed by atoms with Gasteiger partial charge in [0.05, 0.1) is 10.7 Å². The molecule has 0 radical (unpaired) electrons. The van der Waals surface area contributed by atoms with Crippen molar-refractivity contribution >= 4 is 23.1 Å². The summed E-state index contributed by atoms with van der Waals surface area (Å²) in [6.45, 7) is 2.18. The second-order valence-corrected chi connectivity index (χ2v) is 4.73. The van der Waals surface area contributed by atoms with Gasteiger partial charge in [0.1, 0.15) is 0 Å². The van der Waals surface area contributed by atoms with E-state index in [1.165, 1.54) is 19.3 Å². The zero-order valence-electron chi connectivity index (χ0n) is 10.3. The Balaban J connectivity index is 2.39. The quantitative estimate of drug-likeness (QED) is 0.443. The highest BCUT2D eigenvalue weighted by atomic mass is 35.5. The van der Waals surface area contributed by atoms with E-state index < -0.39 is 0 Å². The number of nitrogen functional groups attached to an aromatic ring is 1. The van der Waals surface area contributed by atoms with Crippen LogP contribution in [-0.2, 0) is 0 Å². The highest BCUT2D eigenvalue weighted by molar-refractivity contribution is 6.33. The third-order valence-electron chi connectivity index (χ3n) is 2.83. The Morgan fingerprint density at radius 3 is 2.59 bits per heavy atom. The molecule has 0 saturated carbocycles. The van der Waals surface area contributed by atoms with Gasteiger partial charge >= 0.3 is 0 Å². The molecule has 0 aliphatic heterocycles. The van der Waals surface area contributed by atoms with Gasteiger partial charge in [0.2, 0.25) is 0 Å². The van der Waals surface area contributed by atoms with Crippen LogP contribution in [0.15, 0.2) is 18.2 Å². The topological polar surface area (TPSA) is 43.1 Å². The zero-order valence-corrected chi connectivity index (χ0v) is 11.1. The van der Waals surface area contributed by atoms with Gasteiger partial charge in [0.25, 0.3) is 0 Å². The number of hydrogen-bond acceptors (Lipinski definition) is 2. The molecule has 0 heterocycles. The van der Waals surface area contributed by atoms with Gasteiger partial charge in [-0.2, -0.15) is 0 Å². The maximum atomic E-state index is 11.8. The fourth-order valence-corrected chi connectivity index (χ4v) is 1.91. The van der Waals surface area contributed by atoms with Crippen LogP contribution in [0.25, 0.3) is 0 Å². The Kier molecular flexibility index (Phi) is 6.06. The number of unbranched alkanes of at least 4 members (excludes halogenated alkanes) is 4.